The second-order valence-electron chi connectivity index (χ2n) is 8.18. The standard InChI is InChI=1S/C20H25FN4O4/c1-11(26)22-7-13-8-25(20(28)29-13)12-4-5-17(16(21)6-12)24-9-14-15(10-24)18(14)19(27)23(2)3/h4-6,13-15,18H,7-10H2,1-3H3,(H,22,26)/t13-,14-,15+,18?/m0/s1. The number of hydrogen-bond donors (Lipinski definition) is 1. The molecule has 4 atom stereocenters. The van der Waals surface area contributed by atoms with Gasteiger partial charge in [0.15, 0.2) is 0 Å². The summed E-state index contributed by atoms with van der Waals surface area (Å²) < 4.78 is 20.0. The second kappa shape index (κ2) is 7.20. The van der Waals surface area contributed by atoms with E-state index in [1.54, 1.807) is 31.1 Å². The topological polar surface area (TPSA) is 82.2 Å². The summed E-state index contributed by atoms with van der Waals surface area (Å²) >= 11 is 0. The normalized spacial score (nSPS) is 27.5. The molecule has 0 bridgehead atoms. The van der Waals surface area contributed by atoms with Gasteiger partial charge >= 0.3 is 6.09 Å². The number of cyclic esters (lactones) is 1. The molecule has 3 amide bonds. The summed E-state index contributed by atoms with van der Waals surface area (Å²) in [5.74, 6) is 0.171. The molecule has 29 heavy (non-hydrogen) atoms. The number of amides is 3. The van der Waals surface area contributed by atoms with Gasteiger partial charge in [-0.05, 0) is 30.0 Å². The minimum Gasteiger partial charge on any atom is -0.442 e. The van der Waals surface area contributed by atoms with Crippen LogP contribution in [0.2, 0.25) is 0 Å². The molecular weight excluding hydrogens is 379 g/mol. The Morgan fingerprint density at radius 2 is 1.93 bits per heavy atom. The number of anilines is 2. The summed E-state index contributed by atoms with van der Waals surface area (Å²) in [4.78, 5) is 40.2. The summed E-state index contributed by atoms with van der Waals surface area (Å²) in [5, 5.41) is 2.61. The minimum absolute atomic E-state index is 0.0588. The molecule has 3 aliphatic rings. The lowest BCUT2D eigenvalue weighted by Gasteiger charge is -2.24. The lowest BCUT2D eigenvalue weighted by Crippen LogP contribution is -2.33. The molecule has 2 heterocycles. The largest absolute Gasteiger partial charge is 0.442 e. The van der Waals surface area contributed by atoms with Crippen LogP contribution in [0, 0.1) is 23.6 Å². The van der Waals surface area contributed by atoms with Gasteiger partial charge in [0.2, 0.25) is 11.8 Å². The number of halogens is 1. The fourth-order valence-electron chi connectivity index (χ4n) is 4.40. The van der Waals surface area contributed by atoms with Crippen LogP contribution in [0.25, 0.3) is 0 Å². The molecule has 1 aromatic carbocycles. The van der Waals surface area contributed by atoms with E-state index in [2.05, 4.69) is 5.32 Å². The number of carbonyl (C=O) groups is 3. The van der Waals surface area contributed by atoms with Crippen molar-refractivity contribution in [2.75, 3.05) is 50.1 Å². The third-order valence-corrected chi connectivity index (χ3v) is 5.96. The van der Waals surface area contributed by atoms with Crippen molar-refractivity contribution in [3.8, 4) is 0 Å². The van der Waals surface area contributed by atoms with Crippen LogP contribution in [0.1, 0.15) is 6.92 Å². The number of nitrogens with zero attached hydrogens (tertiary/aromatic N) is 3. The Hall–Kier alpha value is -2.84. The van der Waals surface area contributed by atoms with Crippen molar-refractivity contribution in [1.29, 1.82) is 0 Å². The van der Waals surface area contributed by atoms with Crippen LogP contribution in [-0.2, 0) is 14.3 Å². The zero-order valence-electron chi connectivity index (χ0n) is 16.7. The van der Waals surface area contributed by atoms with Crippen molar-refractivity contribution >= 4 is 29.3 Å². The third-order valence-electron chi connectivity index (χ3n) is 5.96. The number of piperidine rings is 1. The maximum absolute atomic E-state index is 14.8. The highest BCUT2D eigenvalue weighted by molar-refractivity contribution is 5.90. The van der Waals surface area contributed by atoms with Gasteiger partial charge in [-0.1, -0.05) is 0 Å². The Morgan fingerprint density at radius 1 is 1.24 bits per heavy atom. The van der Waals surface area contributed by atoms with Crippen molar-refractivity contribution in [1.82, 2.24) is 10.2 Å². The van der Waals surface area contributed by atoms with Crippen LogP contribution in [0.5, 0.6) is 0 Å². The molecule has 3 fully saturated rings. The molecule has 0 spiro atoms. The van der Waals surface area contributed by atoms with Gasteiger partial charge in [-0.3, -0.25) is 14.5 Å². The Morgan fingerprint density at radius 3 is 2.52 bits per heavy atom. The molecule has 4 rings (SSSR count). The van der Waals surface area contributed by atoms with Crippen molar-refractivity contribution in [3.63, 3.8) is 0 Å². The number of carbonyl (C=O) groups excluding carboxylic acids is 3. The zero-order chi connectivity index (χ0) is 20.9. The van der Waals surface area contributed by atoms with Gasteiger partial charge in [0.1, 0.15) is 11.9 Å². The van der Waals surface area contributed by atoms with Gasteiger partial charge in [-0.15, -0.1) is 0 Å². The quantitative estimate of drug-likeness (QED) is 0.794. The number of rotatable bonds is 5. The van der Waals surface area contributed by atoms with E-state index >= 15 is 0 Å². The summed E-state index contributed by atoms with van der Waals surface area (Å²) in [6.07, 6.45) is -1.02. The van der Waals surface area contributed by atoms with Crippen molar-refractivity contribution in [2.45, 2.75) is 13.0 Å². The molecule has 1 aliphatic carbocycles. The lowest BCUT2D eigenvalue weighted by molar-refractivity contribution is -0.130. The molecule has 0 radical (unpaired) electrons. The number of hydrogen-bond acceptors (Lipinski definition) is 5. The summed E-state index contributed by atoms with van der Waals surface area (Å²) in [5.41, 5.74) is 0.908. The predicted octanol–water partition coefficient (Wildman–Crippen LogP) is 1.06. The fraction of sp³-hybridized carbons (Fsp3) is 0.550. The van der Waals surface area contributed by atoms with Crippen molar-refractivity contribution < 1.29 is 23.5 Å². The first-order chi connectivity index (χ1) is 13.8. The van der Waals surface area contributed by atoms with Crippen molar-refractivity contribution in [2.24, 2.45) is 17.8 Å². The van der Waals surface area contributed by atoms with E-state index in [9.17, 15) is 18.8 Å². The van der Waals surface area contributed by atoms with E-state index in [0.717, 1.165) is 0 Å². The number of nitrogens with one attached hydrogen (secondary N) is 1. The Bertz CT molecular complexity index is 849. The van der Waals surface area contributed by atoms with Gasteiger partial charge in [-0.25, -0.2) is 9.18 Å². The number of benzene rings is 1. The predicted molar refractivity (Wildman–Crippen MR) is 104 cm³/mol. The summed E-state index contributed by atoms with van der Waals surface area (Å²) in [7, 11) is 3.52. The smallest absolute Gasteiger partial charge is 0.414 e. The van der Waals surface area contributed by atoms with E-state index < -0.39 is 18.0 Å². The fourth-order valence-corrected chi connectivity index (χ4v) is 4.40. The van der Waals surface area contributed by atoms with Gasteiger partial charge in [0.05, 0.1) is 24.5 Å². The molecule has 9 heteroatoms. The lowest BCUT2D eigenvalue weighted by atomic mass is 10.2. The van der Waals surface area contributed by atoms with E-state index in [-0.39, 0.29) is 42.7 Å². The maximum atomic E-state index is 14.8. The van der Waals surface area contributed by atoms with Gasteiger partial charge in [0, 0.05) is 40.0 Å². The first-order valence-electron chi connectivity index (χ1n) is 9.74. The van der Waals surface area contributed by atoms with E-state index in [1.807, 2.05) is 4.90 Å². The third kappa shape index (κ3) is 3.61. The second-order valence-corrected chi connectivity index (χ2v) is 8.18. The Labute approximate surface area is 168 Å². The number of fused-ring (bicyclic) bond motifs is 1. The van der Waals surface area contributed by atoms with Gasteiger partial charge < -0.3 is 19.9 Å². The molecule has 8 nitrogen and oxygen atoms in total. The molecule has 0 aromatic heterocycles. The highest BCUT2D eigenvalue weighted by atomic mass is 19.1. The highest BCUT2D eigenvalue weighted by Crippen LogP contribution is 2.53. The molecule has 2 aliphatic heterocycles. The average Bonchev–Trinajstić information content (AvgIpc) is 2.99. The van der Waals surface area contributed by atoms with Crippen LogP contribution < -0.4 is 15.1 Å². The summed E-state index contributed by atoms with van der Waals surface area (Å²) in [6, 6.07) is 4.71. The summed E-state index contributed by atoms with van der Waals surface area (Å²) in [6.45, 7) is 3.19. The van der Waals surface area contributed by atoms with Crippen LogP contribution in [0.3, 0.4) is 0 Å². The molecule has 1 aromatic rings. The van der Waals surface area contributed by atoms with Crippen LogP contribution in [0.4, 0.5) is 20.6 Å². The molecular formula is C20H25FN4O4. The monoisotopic (exact) mass is 404 g/mol. The maximum Gasteiger partial charge on any atom is 0.414 e. The SMILES string of the molecule is CC(=O)NC[C@H]1CN(c2ccc(N3C[C@@H]4C(C(=O)N(C)C)[C@@H]4C3)c(F)c2)C(=O)O1. The van der Waals surface area contributed by atoms with E-state index in [4.69, 9.17) is 4.74 Å². The van der Waals surface area contributed by atoms with Gasteiger partial charge in [0.25, 0.3) is 0 Å². The van der Waals surface area contributed by atoms with E-state index in [0.29, 0.717) is 24.5 Å². The molecule has 1 N–H and O–H groups in total. The molecule has 1 saturated carbocycles. The van der Waals surface area contributed by atoms with Crippen molar-refractivity contribution in [3.05, 3.63) is 24.0 Å². The Kier molecular flexibility index (Phi) is 4.84. The van der Waals surface area contributed by atoms with Crippen LogP contribution in [0.15, 0.2) is 18.2 Å². The molecule has 2 saturated heterocycles. The van der Waals surface area contributed by atoms with Crippen LogP contribution >= 0.6 is 0 Å². The zero-order valence-corrected chi connectivity index (χ0v) is 16.7. The first-order valence-corrected chi connectivity index (χ1v) is 9.74. The van der Waals surface area contributed by atoms with Gasteiger partial charge in [-0.2, -0.15) is 0 Å². The van der Waals surface area contributed by atoms with Crippen LogP contribution in [-0.4, -0.2) is 69.2 Å². The Balaban J connectivity index is 1.39. The van der Waals surface area contributed by atoms with E-state index in [1.165, 1.54) is 17.9 Å². The highest BCUT2D eigenvalue weighted by Gasteiger charge is 2.60. The minimum atomic E-state index is -0.556. The average molecular weight is 404 g/mol. The molecule has 156 valence electrons. The molecule has 1 unspecified atom stereocenters. The number of ether oxygens (including phenoxy) is 1. The first kappa shape index (κ1) is 19.5.